The van der Waals surface area contributed by atoms with Crippen molar-refractivity contribution in [1.29, 1.82) is 0 Å². The summed E-state index contributed by atoms with van der Waals surface area (Å²) >= 11 is 3.28. The lowest BCUT2D eigenvalue weighted by Gasteiger charge is -2.21. The van der Waals surface area contributed by atoms with E-state index in [0.29, 0.717) is 22.4 Å². The SMILES string of the molecule is O=C(CC1CCOCC1)c1cc(F)ccc1Br. The van der Waals surface area contributed by atoms with Crippen LogP contribution in [0.1, 0.15) is 29.6 Å². The van der Waals surface area contributed by atoms with Crippen molar-refractivity contribution in [3.05, 3.63) is 34.1 Å². The van der Waals surface area contributed by atoms with Crippen LogP contribution in [0.4, 0.5) is 4.39 Å². The molecule has 92 valence electrons. The van der Waals surface area contributed by atoms with Gasteiger partial charge in [0, 0.05) is 29.7 Å². The molecule has 0 amide bonds. The molecule has 1 aliphatic rings. The molecule has 0 saturated carbocycles. The van der Waals surface area contributed by atoms with Crippen molar-refractivity contribution in [1.82, 2.24) is 0 Å². The topological polar surface area (TPSA) is 26.3 Å². The van der Waals surface area contributed by atoms with E-state index in [1.807, 2.05) is 0 Å². The highest BCUT2D eigenvalue weighted by atomic mass is 79.9. The molecule has 1 aliphatic heterocycles. The molecule has 1 heterocycles. The van der Waals surface area contributed by atoms with E-state index in [0.717, 1.165) is 26.1 Å². The summed E-state index contributed by atoms with van der Waals surface area (Å²) in [6.07, 6.45) is 2.31. The summed E-state index contributed by atoms with van der Waals surface area (Å²) in [7, 11) is 0. The average Bonchev–Trinajstić information content (AvgIpc) is 2.33. The van der Waals surface area contributed by atoms with Gasteiger partial charge in [0.05, 0.1) is 0 Å². The number of hydrogen-bond donors (Lipinski definition) is 0. The van der Waals surface area contributed by atoms with Crippen LogP contribution in [-0.4, -0.2) is 19.0 Å². The molecule has 4 heteroatoms. The maximum atomic E-state index is 13.1. The minimum absolute atomic E-state index is 0.00303. The maximum absolute atomic E-state index is 13.1. The van der Waals surface area contributed by atoms with Crippen molar-refractivity contribution in [3.63, 3.8) is 0 Å². The smallest absolute Gasteiger partial charge is 0.164 e. The van der Waals surface area contributed by atoms with Crippen molar-refractivity contribution in [2.75, 3.05) is 13.2 Å². The number of hydrogen-bond acceptors (Lipinski definition) is 2. The van der Waals surface area contributed by atoms with Crippen LogP contribution < -0.4 is 0 Å². The largest absolute Gasteiger partial charge is 0.381 e. The molecule has 1 saturated heterocycles. The van der Waals surface area contributed by atoms with Gasteiger partial charge in [-0.25, -0.2) is 4.39 Å². The monoisotopic (exact) mass is 300 g/mol. The quantitative estimate of drug-likeness (QED) is 0.798. The molecule has 0 N–H and O–H groups in total. The van der Waals surface area contributed by atoms with Crippen LogP contribution in [0, 0.1) is 11.7 Å². The third kappa shape index (κ3) is 3.36. The van der Waals surface area contributed by atoms with E-state index in [2.05, 4.69) is 15.9 Å². The Morgan fingerprint density at radius 2 is 2.12 bits per heavy atom. The summed E-state index contributed by atoms with van der Waals surface area (Å²) in [5, 5.41) is 0. The number of benzene rings is 1. The zero-order valence-electron chi connectivity index (χ0n) is 9.42. The molecule has 0 atom stereocenters. The molecule has 2 nitrogen and oxygen atoms in total. The van der Waals surface area contributed by atoms with Crippen molar-refractivity contribution >= 4 is 21.7 Å². The number of carbonyl (C=O) groups excluding carboxylic acids is 1. The second-order valence-electron chi connectivity index (χ2n) is 4.31. The molecule has 0 aliphatic carbocycles. The van der Waals surface area contributed by atoms with Crippen molar-refractivity contribution < 1.29 is 13.9 Å². The first-order valence-corrected chi connectivity index (χ1v) is 6.52. The van der Waals surface area contributed by atoms with Gasteiger partial charge in [-0.3, -0.25) is 4.79 Å². The zero-order chi connectivity index (χ0) is 12.3. The molecule has 0 bridgehead atoms. The minimum Gasteiger partial charge on any atom is -0.381 e. The first kappa shape index (κ1) is 12.7. The number of Topliss-reactive ketones (excluding diaryl/α,β-unsaturated/α-hetero) is 1. The lowest BCUT2D eigenvalue weighted by Crippen LogP contribution is -2.19. The summed E-state index contributed by atoms with van der Waals surface area (Å²) in [4.78, 5) is 12.0. The Bertz CT molecular complexity index is 414. The third-order valence-corrected chi connectivity index (χ3v) is 3.74. The summed E-state index contributed by atoms with van der Waals surface area (Å²) in [5.74, 6) is -0.00165. The van der Waals surface area contributed by atoms with Crippen molar-refractivity contribution in [2.24, 2.45) is 5.92 Å². The zero-order valence-corrected chi connectivity index (χ0v) is 11.0. The Balaban J connectivity index is 2.05. The first-order chi connectivity index (χ1) is 8.16. The van der Waals surface area contributed by atoms with E-state index < -0.39 is 0 Å². The lowest BCUT2D eigenvalue weighted by molar-refractivity contribution is 0.0600. The Labute approximate surface area is 108 Å². The van der Waals surface area contributed by atoms with E-state index >= 15 is 0 Å². The molecule has 0 unspecified atom stereocenters. The van der Waals surface area contributed by atoms with Crippen LogP contribution in [0.3, 0.4) is 0 Å². The predicted molar refractivity (Wildman–Crippen MR) is 66.6 cm³/mol. The van der Waals surface area contributed by atoms with Gasteiger partial charge in [-0.05, 0) is 37.0 Å². The first-order valence-electron chi connectivity index (χ1n) is 5.73. The highest BCUT2D eigenvalue weighted by Crippen LogP contribution is 2.24. The van der Waals surface area contributed by atoms with Crippen LogP contribution in [0.2, 0.25) is 0 Å². The van der Waals surface area contributed by atoms with E-state index in [1.54, 1.807) is 6.07 Å². The van der Waals surface area contributed by atoms with Crippen LogP contribution in [0.5, 0.6) is 0 Å². The van der Waals surface area contributed by atoms with Crippen molar-refractivity contribution in [3.8, 4) is 0 Å². The van der Waals surface area contributed by atoms with Crippen LogP contribution in [-0.2, 0) is 4.74 Å². The van der Waals surface area contributed by atoms with Gasteiger partial charge in [-0.15, -0.1) is 0 Å². The van der Waals surface area contributed by atoms with Crippen LogP contribution >= 0.6 is 15.9 Å². The van der Waals surface area contributed by atoms with E-state index in [-0.39, 0.29) is 11.6 Å². The summed E-state index contributed by atoms with van der Waals surface area (Å²) in [6, 6.07) is 4.22. The fourth-order valence-electron chi connectivity index (χ4n) is 2.03. The van der Waals surface area contributed by atoms with Gasteiger partial charge in [0.25, 0.3) is 0 Å². The van der Waals surface area contributed by atoms with E-state index in [4.69, 9.17) is 4.74 Å². The van der Waals surface area contributed by atoms with Crippen LogP contribution in [0.25, 0.3) is 0 Å². The fraction of sp³-hybridized carbons (Fsp3) is 0.462. The fourth-order valence-corrected chi connectivity index (χ4v) is 2.50. The van der Waals surface area contributed by atoms with E-state index in [9.17, 15) is 9.18 Å². The molecule has 17 heavy (non-hydrogen) atoms. The molecule has 2 rings (SSSR count). The number of ether oxygens (including phenoxy) is 1. The predicted octanol–water partition coefficient (Wildman–Crippen LogP) is 3.59. The van der Waals surface area contributed by atoms with Gasteiger partial charge < -0.3 is 4.74 Å². The molecular weight excluding hydrogens is 287 g/mol. The average molecular weight is 301 g/mol. The highest BCUT2D eigenvalue weighted by Gasteiger charge is 2.19. The van der Waals surface area contributed by atoms with Gasteiger partial charge in [-0.2, -0.15) is 0 Å². The molecule has 0 spiro atoms. The Kier molecular flexibility index (Phi) is 4.29. The maximum Gasteiger partial charge on any atom is 0.164 e. The van der Waals surface area contributed by atoms with Gasteiger partial charge in [-0.1, -0.05) is 15.9 Å². The van der Waals surface area contributed by atoms with Crippen LogP contribution in [0.15, 0.2) is 22.7 Å². The van der Waals surface area contributed by atoms with Gasteiger partial charge in [0.1, 0.15) is 5.82 Å². The highest BCUT2D eigenvalue weighted by molar-refractivity contribution is 9.10. The molecule has 0 radical (unpaired) electrons. The number of halogens is 2. The molecule has 1 aromatic rings. The summed E-state index contributed by atoms with van der Waals surface area (Å²) in [6.45, 7) is 1.45. The van der Waals surface area contributed by atoms with E-state index in [1.165, 1.54) is 12.1 Å². The lowest BCUT2D eigenvalue weighted by atomic mass is 9.92. The number of carbonyl (C=O) groups is 1. The second kappa shape index (κ2) is 5.74. The minimum atomic E-state index is -0.372. The third-order valence-electron chi connectivity index (χ3n) is 3.04. The Morgan fingerprint density at radius 1 is 1.41 bits per heavy atom. The standard InChI is InChI=1S/C13H14BrFO2/c14-12-2-1-10(15)8-11(12)13(16)7-9-3-5-17-6-4-9/h1-2,8-9H,3-7H2. The second-order valence-corrected chi connectivity index (χ2v) is 5.16. The molecular formula is C13H14BrFO2. The number of ketones is 1. The summed E-state index contributed by atoms with van der Waals surface area (Å²) in [5.41, 5.74) is 0.441. The van der Waals surface area contributed by atoms with Gasteiger partial charge in [0.2, 0.25) is 0 Å². The summed E-state index contributed by atoms with van der Waals surface area (Å²) < 4.78 is 19.0. The van der Waals surface area contributed by atoms with Crippen molar-refractivity contribution in [2.45, 2.75) is 19.3 Å². The van der Waals surface area contributed by atoms with Gasteiger partial charge in [0.15, 0.2) is 5.78 Å². The normalized spacial score (nSPS) is 17.1. The number of rotatable bonds is 3. The Hall–Kier alpha value is -0.740. The van der Waals surface area contributed by atoms with Gasteiger partial charge >= 0.3 is 0 Å². The Morgan fingerprint density at radius 3 is 2.82 bits per heavy atom. The molecule has 1 aromatic carbocycles. The molecule has 0 aromatic heterocycles. The molecule has 1 fully saturated rings.